The normalized spacial score (nSPS) is 9.67. The molecule has 0 aromatic heterocycles. The van der Waals surface area contributed by atoms with E-state index in [9.17, 15) is 4.39 Å². The lowest BCUT2D eigenvalue weighted by atomic mass is 10.3. The number of hydrogen-bond acceptors (Lipinski definition) is 2. The predicted octanol–water partition coefficient (Wildman–Crippen LogP) is 2.61. The quantitative estimate of drug-likeness (QED) is 0.784. The van der Waals surface area contributed by atoms with Crippen molar-refractivity contribution >= 4 is 15.9 Å². The molecule has 0 spiro atoms. The summed E-state index contributed by atoms with van der Waals surface area (Å²) in [5.74, 6) is 0.305. The number of rotatable bonds is 2. The van der Waals surface area contributed by atoms with Gasteiger partial charge in [0.15, 0.2) is 11.6 Å². The summed E-state index contributed by atoms with van der Waals surface area (Å²) in [5, 5.41) is 0. The molecule has 0 heterocycles. The van der Waals surface area contributed by atoms with E-state index in [0.717, 1.165) is 0 Å². The molecule has 0 aliphatic heterocycles. The van der Waals surface area contributed by atoms with Crippen LogP contribution in [0, 0.1) is 5.82 Å². The highest BCUT2D eigenvalue weighted by molar-refractivity contribution is 9.10. The van der Waals surface area contributed by atoms with Gasteiger partial charge in [-0.2, -0.15) is 0 Å². The van der Waals surface area contributed by atoms with Gasteiger partial charge >= 0.3 is 0 Å². The number of methoxy groups -OCH3 is 2. The number of ether oxygens (including phenoxy) is 2. The Bertz CT molecular complexity index is 289. The van der Waals surface area contributed by atoms with Crippen LogP contribution in [0.5, 0.6) is 11.5 Å². The predicted molar refractivity (Wildman–Crippen MR) is 47.2 cm³/mol. The largest absolute Gasteiger partial charge is 0.497 e. The van der Waals surface area contributed by atoms with Gasteiger partial charge < -0.3 is 9.47 Å². The maximum Gasteiger partial charge on any atom is 0.179 e. The van der Waals surface area contributed by atoms with E-state index in [1.54, 1.807) is 0 Å². The molecular formula is C8H8BrFO2. The monoisotopic (exact) mass is 234 g/mol. The zero-order valence-electron chi connectivity index (χ0n) is 6.73. The van der Waals surface area contributed by atoms with Crippen molar-refractivity contribution in [1.29, 1.82) is 0 Å². The van der Waals surface area contributed by atoms with Crippen LogP contribution in [0.1, 0.15) is 0 Å². The molecule has 66 valence electrons. The molecule has 0 bridgehead atoms. The van der Waals surface area contributed by atoms with Gasteiger partial charge in [0.1, 0.15) is 5.75 Å². The van der Waals surface area contributed by atoms with Gasteiger partial charge in [-0.25, -0.2) is 4.39 Å². The first-order chi connectivity index (χ1) is 5.69. The molecule has 0 amide bonds. The Morgan fingerprint density at radius 2 is 1.92 bits per heavy atom. The van der Waals surface area contributed by atoms with Crippen LogP contribution < -0.4 is 9.47 Å². The molecule has 0 atom stereocenters. The fourth-order valence-corrected chi connectivity index (χ4v) is 1.23. The Kier molecular flexibility index (Phi) is 2.92. The van der Waals surface area contributed by atoms with Crippen LogP contribution in [0.4, 0.5) is 4.39 Å². The van der Waals surface area contributed by atoms with Gasteiger partial charge in [0.05, 0.1) is 18.7 Å². The molecule has 0 unspecified atom stereocenters. The summed E-state index contributed by atoms with van der Waals surface area (Å²) in [4.78, 5) is 0. The molecule has 0 saturated heterocycles. The van der Waals surface area contributed by atoms with Gasteiger partial charge in [0.2, 0.25) is 0 Å². The van der Waals surface area contributed by atoms with Crippen LogP contribution >= 0.6 is 15.9 Å². The SMILES string of the molecule is COc1cc(Br)c(F)c(OC)c1. The van der Waals surface area contributed by atoms with Crippen molar-refractivity contribution in [3.8, 4) is 11.5 Å². The number of halogens is 2. The molecule has 12 heavy (non-hydrogen) atoms. The third kappa shape index (κ3) is 1.69. The minimum Gasteiger partial charge on any atom is -0.497 e. The highest BCUT2D eigenvalue weighted by Crippen LogP contribution is 2.30. The fourth-order valence-electron chi connectivity index (χ4n) is 0.807. The topological polar surface area (TPSA) is 18.5 Å². The minimum atomic E-state index is -0.418. The first-order valence-corrected chi connectivity index (χ1v) is 4.05. The number of benzene rings is 1. The minimum absolute atomic E-state index is 0.168. The van der Waals surface area contributed by atoms with Crippen molar-refractivity contribution < 1.29 is 13.9 Å². The Morgan fingerprint density at radius 3 is 2.42 bits per heavy atom. The van der Waals surface area contributed by atoms with E-state index in [4.69, 9.17) is 9.47 Å². The molecule has 0 N–H and O–H groups in total. The summed E-state index contributed by atoms with van der Waals surface area (Å²) >= 11 is 3.04. The Labute approximate surface area is 78.4 Å². The molecule has 0 aliphatic carbocycles. The van der Waals surface area contributed by atoms with Crippen LogP contribution in [0.3, 0.4) is 0 Å². The summed E-state index contributed by atoms with van der Waals surface area (Å²) in [5.41, 5.74) is 0. The van der Waals surface area contributed by atoms with Crippen LogP contribution in [0.25, 0.3) is 0 Å². The second kappa shape index (κ2) is 3.76. The Hall–Kier alpha value is -0.770. The van der Waals surface area contributed by atoms with E-state index >= 15 is 0 Å². The molecule has 2 nitrogen and oxygen atoms in total. The lowest BCUT2D eigenvalue weighted by Gasteiger charge is -2.06. The molecular weight excluding hydrogens is 227 g/mol. The standard InChI is InChI=1S/C8H8BrFO2/c1-11-5-3-6(9)8(10)7(4-5)12-2/h3-4H,1-2H3. The van der Waals surface area contributed by atoms with Gasteiger partial charge in [-0.05, 0) is 22.0 Å². The fraction of sp³-hybridized carbons (Fsp3) is 0.250. The maximum atomic E-state index is 13.1. The Morgan fingerprint density at radius 1 is 1.25 bits per heavy atom. The molecule has 0 aliphatic rings. The maximum absolute atomic E-state index is 13.1. The average molecular weight is 235 g/mol. The van der Waals surface area contributed by atoms with Gasteiger partial charge in [-0.3, -0.25) is 0 Å². The van der Waals surface area contributed by atoms with Crippen molar-refractivity contribution in [2.75, 3.05) is 14.2 Å². The average Bonchev–Trinajstić information content (AvgIpc) is 2.09. The third-order valence-corrected chi connectivity index (χ3v) is 2.00. The van der Waals surface area contributed by atoms with E-state index in [1.165, 1.54) is 26.4 Å². The van der Waals surface area contributed by atoms with Crippen molar-refractivity contribution in [3.63, 3.8) is 0 Å². The van der Waals surface area contributed by atoms with E-state index in [0.29, 0.717) is 10.2 Å². The van der Waals surface area contributed by atoms with Crippen LogP contribution in [0.2, 0.25) is 0 Å². The van der Waals surface area contributed by atoms with Crippen molar-refractivity contribution in [2.45, 2.75) is 0 Å². The second-order valence-corrected chi connectivity index (χ2v) is 2.98. The van der Waals surface area contributed by atoms with Crippen LogP contribution in [-0.4, -0.2) is 14.2 Å². The van der Waals surface area contributed by atoms with E-state index < -0.39 is 5.82 Å². The zero-order chi connectivity index (χ0) is 9.14. The molecule has 0 fully saturated rings. The van der Waals surface area contributed by atoms with Crippen molar-refractivity contribution in [3.05, 3.63) is 22.4 Å². The first-order valence-electron chi connectivity index (χ1n) is 3.26. The Balaban J connectivity index is 3.19. The van der Waals surface area contributed by atoms with E-state index in [2.05, 4.69) is 15.9 Å². The highest BCUT2D eigenvalue weighted by Gasteiger charge is 2.08. The lowest BCUT2D eigenvalue weighted by Crippen LogP contribution is -1.91. The molecule has 0 saturated carbocycles. The number of hydrogen-bond donors (Lipinski definition) is 0. The molecule has 1 aromatic rings. The summed E-state index contributed by atoms with van der Waals surface area (Å²) < 4.78 is 23.1. The second-order valence-electron chi connectivity index (χ2n) is 2.13. The van der Waals surface area contributed by atoms with Gasteiger partial charge in [-0.15, -0.1) is 0 Å². The zero-order valence-corrected chi connectivity index (χ0v) is 8.31. The summed E-state index contributed by atoms with van der Waals surface area (Å²) in [6.07, 6.45) is 0. The van der Waals surface area contributed by atoms with Crippen LogP contribution in [0.15, 0.2) is 16.6 Å². The molecule has 0 radical (unpaired) electrons. The molecule has 1 rings (SSSR count). The lowest BCUT2D eigenvalue weighted by molar-refractivity contribution is 0.372. The third-order valence-electron chi connectivity index (χ3n) is 1.42. The highest BCUT2D eigenvalue weighted by atomic mass is 79.9. The van der Waals surface area contributed by atoms with Gasteiger partial charge in [0, 0.05) is 6.07 Å². The first kappa shape index (κ1) is 9.32. The van der Waals surface area contributed by atoms with Crippen molar-refractivity contribution in [1.82, 2.24) is 0 Å². The molecule has 1 aromatic carbocycles. The van der Waals surface area contributed by atoms with Crippen molar-refractivity contribution in [2.24, 2.45) is 0 Å². The molecule has 4 heteroatoms. The van der Waals surface area contributed by atoms with E-state index in [-0.39, 0.29) is 5.75 Å². The summed E-state index contributed by atoms with van der Waals surface area (Å²) in [6, 6.07) is 3.03. The summed E-state index contributed by atoms with van der Waals surface area (Å²) in [6.45, 7) is 0. The van der Waals surface area contributed by atoms with E-state index in [1.807, 2.05) is 0 Å². The van der Waals surface area contributed by atoms with Crippen LogP contribution in [-0.2, 0) is 0 Å². The smallest absolute Gasteiger partial charge is 0.179 e. The van der Waals surface area contributed by atoms with Gasteiger partial charge in [-0.1, -0.05) is 0 Å². The van der Waals surface area contributed by atoms with Gasteiger partial charge in [0.25, 0.3) is 0 Å². The summed E-state index contributed by atoms with van der Waals surface area (Å²) in [7, 11) is 2.92.